The molecule has 35 heavy (non-hydrogen) atoms. The number of nitrogens with zero attached hydrogens (tertiary/aromatic N) is 3. The molecule has 0 aliphatic carbocycles. The van der Waals surface area contributed by atoms with E-state index in [2.05, 4.69) is 4.98 Å². The molecule has 0 atom stereocenters. The lowest BCUT2D eigenvalue weighted by molar-refractivity contribution is 0.00771. The van der Waals surface area contributed by atoms with Crippen LogP contribution >= 0.6 is 0 Å². The summed E-state index contributed by atoms with van der Waals surface area (Å²) in [5, 5.41) is 0.818. The quantitative estimate of drug-likeness (QED) is 0.400. The topological polar surface area (TPSA) is 62.7 Å². The first-order valence-corrected chi connectivity index (χ1v) is 11.5. The summed E-state index contributed by atoms with van der Waals surface area (Å²) in [7, 11) is 0. The summed E-state index contributed by atoms with van der Waals surface area (Å²) < 4.78 is 18.7. The summed E-state index contributed by atoms with van der Waals surface area (Å²) in [5.41, 5.74) is 3.43. The van der Waals surface area contributed by atoms with Gasteiger partial charge in [0.05, 0.1) is 16.8 Å². The molecule has 0 spiro atoms. The molecule has 0 N–H and O–H groups in total. The molecule has 176 valence electrons. The summed E-state index contributed by atoms with van der Waals surface area (Å²) in [5.74, 6) is -0.674. The van der Waals surface area contributed by atoms with Crippen LogP contribution in [-0.2, 0) is 4.74 Å². The third-order valence-electron chi connectivity index (χ3n) is 6.12. The van der Waals surface area contributed by atoms with Crippen molar-refractivity contribution in [2.45, 2.75) is 0 Å². The Morgan fingerprint density at radius 3 is 2.31 bits per heavy atom. The van der Waals surface area contributed by atoms with Crippen molar-refractivity contribution in [1.29, 1.82) is 0 Å². The summed E-state index contributed by atoms with van der Waals surface area (Å²) in [6, 6.07) is 24.4. The smallest absolute Gasteiger partial charge is 0.339 e. The second-order valence-corrected chi connectivity index (χ2v) is 8.45. The zero-order chi connectivity index (χ0) is 24.2. The third-order valence-corrected chi connectivity index (χ3v) is 6.12. The maximum absolute atomic E-state index is 13.2. The van der Waals surface area contributed by atoms with Crippen LogP contribution in [0.25, 0.3) is 22.2 Å². The van der Waals surface area contributed by atoms with Crippen molar-refractivity contribution in [3.05, 3.63) is 102 Å². The lowest BCUT2D eigenvalue weighted by atomic mass is 10.1. The molecule has 7 heteroatoms. The Morgan fingerprint density at radius 1 is 0.829 bits per heavy atom. The van der Waals surface area contributed by atoms with E-state index < -0.39 is 5.97 Å². The number of pyridine rings is 1. The highest BCUT2D eigenvalue weighted by Crippen LogP contribution is 2.22. The number of hydrogen-bond donors (Lipinski definition) is 0. The van der Waals surface area contributed by atoms with Crippen LogP contribution < -0.4 is 0 Å². The van der Waals surface area contributed by atoms with Crippen molar-refractivity contribution in [2.24, 2.45) is 0 Å². The number of aromatic nitrogens is 1. The molecule has 3 aromatic carbocycles. The van der Waals surface area contributed by atoms with Crippen LogP contribution in [0.2, 0.25) is 0 Å². The highest BCUT2D eigenvalue weighted by molar-refractivity contribution is 5.95. The number of amides is 1. The van der Waals surface area contributed by atoms with Crippen molar-refractivity contribution in [3.8, 4) is 11.3 Å². The van der Waals surface area contributed by atoms with Crippen LogP contribution in [0.1, 0.15) is 20.7 Å². The SMILES string of the molecule is O=C(OCN1CCN(C(=O)c2ccccc2)CC1)c1ccc2nc(-c3ccc(F)cc3)ccc2c1. The summed E-state index contributed by atoms with van der Waals surface area (Å²) in [6.45, 7) is 2.62. The second kappa shape index (κ2) is 10.0. The minimum absolute atomic E-state index is 0.0228. The van der Waals surface area contributed by atoms with Gasteiger partial charge in [0.2, 0.25) is 0 Å². The first kappa shape index (κ1) is 22.7. The van der Waals surface area contributed by atoms with Crippen molar-refractivity contribution >= 4 is 22.8 Å². The van der Waals surface area contributed by atoms with Crippen LogP contribution in [0.5, 0.6) is 0 Å². The first-order valence-electron chi connectivity index (χ1n) is 11.5. The molecule has 6 nitrogen and oxygen atoms in total. The van der Waals surface area contributed by atoms with Gasteiger partial charge >= 0.3 is 5.97 Å². The molecule has 1 aliphatic heterocycles. The van der Waals surface area contributed by atoms with E-state index in [4.69, 9.17) is 4.74 Å². The van der Waals surface area contributed by atoms with Gasteiger partial charge in [-0.1, -0.05) is 24.3 Å². The lowest BCUT2D eigenvalue weighted by Gasteiger charge is -2.34. The number of rotatable bonds is 5. The van der Waals surface area contributed by atoms with Crippen LogP contribution in [0.15, 0.2) is 84.9 Å². The zero-order valence-electron chi connectivity index (χ0n) is 19.1. The standard InChI is InChI=1S/C28H24FN3O3/c29-24-10-6-20(7-11-24)25-12-8-22-18-23(9-13-26(22)30-25)28(34)35-19-31-14-16-32(17-15-31)27(33)21-4-2-1-3-5-21/h1-13,18H,14-17,19H2. The monoisotopic (exact) mass is 469 g/mol. The van der Waals surface area contributed by atoms with Gasteiger partial charge in [0.15, 0.2) is 0 Å². The number of piperazine rings is 1. The number of halogens is 1. The predicted octanol–water partition coefficient (Wildman–Crippen LogP) is 4.61. The van der Waals surface area contributed by atoms with E-state index in [0.717, 1.165) is 22.2 Å². The molecule has 1 amide bonds. The highest BCUT2D eigenvalue weighted by Gasteiger charge is 2.22. The maximum atomic E-state index is 13.2. The van der Waals surface area contributed by atoms with Gasteiger partial charge in [0.1, 0.15) is 12.5 Å². The van der Waals surface area contributed by atoms with Crippen LogP contribution in [0.3, 0.4) is 0 Å². The normalized spacial score (nSPS) is 14.1. The van der Waals surface area contributed by atoms with Crippen molar-refractivity contribution in [1.82, 2.24) is 14.8 Å². The number of carbonyl (C=O) groups is 2. The number of ether oxygens (including phenoxy) is 1. The van der Waals surface area contributed by atoms with Crippen molar-refractivity contribution < 1.29 is 18.7 Å². The van der Waals surface area contributed by atoms with Gasteiger partial charge < -0.3 is 9.64 Å². The van der Waals surface area contributed by atoms with E-state index >= 15 is 0 Å². The van der Waals surface area contributed by atoms with Crippen LogP contribution in [-0.4, -0.2) is 59.6 Å². The van der Waals surface area contributed by atoms with E-state index in [1.807, 2.05) is 52.3 Å². The average molecular weight is 470 g/mol. The molecule has 4 aromatic rings. The number of fused-ring (bicyclic) bond motifs is 1. The van der Waals surface area contributed by atoms with Crippen LogP contribution in [0.4, 0.5) is 4.39 Å². The number of benzene rings is 3. The van der Waals surface area contributed by atoms with E-state index in [-0.39, 0.29) is 18.5 Å². The molecular weight excluding hydrogens is 445 g/mol. The molecule has 0 saturated carbocycles. The Balaban J connectivity index is 1.17. The molecular formula is C28H24FN3O3. The lowest BCUT2D eigenvalue weighted by Crippen LogP contribution is -2.49. The van der Waals surface area contributed by atoms with Crippen LogP contribution in [0, 0.1) is 5.82 Å². The summed E-state index contributed by atoms with van der Waals surface area (Å²) in [4.78, 5) is 33.7. The Labute approximate surface area is 202 Å². The van der Waals surface area contributed by atoms with E-state index in [1.54, 1.807) is 30.3 Å². The van der Waals surface area contributed by atoms with E-state index in [0.29, 0.717) is 37.3 Å². The zero-order valence-corrected chi connectivity index (χ0v) is 19.1. The molecule has 0 unspecified atom stereocenters. The predicted molar refractivity (Wildman–Crippen MR) is 131 cm³/mol. The first-order chi connectivity index (χ1) is 17.1. The third kappa shape index (κ3) is 5.20. The number of esters is 1. The van der Waals surface area contributed by atoms with Crippen molar-refractivity contribution in [3.63, 3.8) is 0 Å². The van der Waals surface area contributed by atoms with Gasteiger partial charge in [-0.3, -0.25) is 9.69 Å². The van der Waals surface area contributed by atoms with Gasteiger partial charge in [-0.05, 0) is 60.7 Å². The molecule has 2 heterocycles. The fourth-order valence-corrected chi connectivity index (χ4v) is 4.11. The minimum Gasteiger partial charge on any atom is -0.446 e. The Kier molecular flexibility index (Phi) is 6.50. The molecule has 1 fully saturated rings. The number of carbonyl (C=O) groups excluding carboxylic acids is 2. The fraction of sp³-hybridized carbons (Fsp3) is 0.179. The van der Waals surface area contributed by atoms with Gasteiger partial charge in [0, 0.05) is 42.7 Å². The van der Waals surface area contributed by atoms with Gasteiger partial charge in [-0.2, -0.15) is 0 Å². The second-order valence-electron chi connectivity index (χ2n) is 8.45. The fourth-order valence-electron chi connectivity index (χ4n) is 4.11. The largest absolute Gasteiger partial charge is 0.446 e. The molecule has 1 aromatic heterocycles. The Bertz CT molecular complexity index is 1350. The average Bonchev–Trinajstić information content (AvgIpc) is 2.92. The van der Waals surface area contributed by atoms with Gasteiger partial charge in [0.25, 0.3) is 5.91 Å². The van der Waals surface area contributed by atoms with E-state index in [9.17, 15) is 14.0 Å². The van der Waals surface area contributed by atoms with E-state index in [1.165, 1.54) is 12.1 Å². The van der Waals surface area contributed by atoms with Gasteiger partial charge in [-0.25, -0.2) is 14.2 Å². The molecule has 0 radical (unpaired) electrons. The molecule has 5 rings (SSSR count). The molecule has 1 saturated heterocycles. The maximum Gasteiger partial charge on any atom is 0.339 e. The summed E-state index contributed by atoms with van der Waals surface area (Å²) >= 11 is 0. The molecule has 0 bridgehead atoms. The van der Waals surface area contributed by atoms with Gasteiger partial charge in [-0.15, -0.1) is 0 Å². The Morgan fingerprint density at radius 2 is 1.57 bits per heavy atom. The minimum atomic E-state index is -0.405. The van der Waals surface area contributed by atoms with Crippen molar-refractivity contribution in [2.75, 3.05) is 32.9 Å². The Hall–Kier alpha value is -4.10. The molecule has 1 aliphatic rings. The number of hydrogen-bond acceptors (Lipinski definition) is 5. The summed E-state index contributed by atoms with van der Waals surface area (Å²) in [6.07, 6.45) is 0. The highest BCUT2D eigenvalue weighted by atomic mass is 19.1.